The lowest BCUT2D eigenvalue weighted by atomic mass is 9.94. The normalized spacial score (nSPS) is 20.4. The first kappa shape index (κ1) is 15.5. The standard InChI is InChI=1S/C14H20FN3O.ClH/c15-12-5-13(14(17-8-12)11-6-16-7-11)18-3-1-10(9-19)2-4-18;/h5,8,10-11,16,19H,1-4,6-7,9H2;1H. The summed E-state index contributed by atoms with van der Waals surface area (Å²) >= 11 is 0. The second kappa shape index (κ2) is 6.70. The maximum Gasteiger partial charge on any atom is 0.143 e. The Morgan fingerprint density at radius 2 is 2.05 bits per heavy atom. The second-order valence-corrected chi connectivity index (χ2v) is 5.53. The van der Waals surface area contributed by atoms with Crippen molar-refractivity contribution in [2.45, 2.75) is 18.8 Å². The zero-order valence-electron chi connectivity index (χ0n) is 11.4. The van der Waals surface area contributed by atoms with Gasteiger partial charge in [-0.25, -0.2) is 4.39 Å². The summed E-state index contributed by atoms with van der Waals surface area (Å²) in [6, 6.07) is 1.61. The first-order valence-corrected chi connectivity index (χ1v) is 7.00. The molecule has 2 aliphatic rings. The molecule has 0 spiro atoms. The Morgan fingerprint density at radius 1 is 1.35 bits per heavy atom. The number of piperidine rings is 1. The first-order valence-electron chi connectivity index (χ1n) is 7.00. The average Bonchev–Trinajstić information content (AvgIpc) is 2.39. The van der Waals surface area contributed by atoms with Gasteiger partial charge in [0.05, 0.1) is 17.6 Å². The van der Waals surface area contributed by atoms with Gasteiger partial charge in [-0.05, 0) is 18.8 Å². The molecule has 1 aromatic heterocycles. The second-order valence-electron chi connectivity index (χ2n) is 5.53. The fourth-order valence-electron chi connectivity index (χ4n) is 2.85. The van der Waals surface area contributed by atoms with Crippen LogP contribution in [0.1, 0.15) is 24.5 Å². The SMILES string of the molecule is Cl.OCC1CCN(c2cc(F)cnc2C2CNC2)CC1. The van der Waals surface area contributed by atoms with Crippen LogP contribution in [0.15, 0.2) is 12.3 Å². The Morgan fingerprint density at radius 3 is 2.60 bits per heavy atom. The van der Waals surface area contributed by atoms with Crippen molar-refractivity contribution in [1.29, 1.82) is 0 Å². The van der Waals surface area contributed by atoms with E-state index in [-0.39, 0.29) is 24.8 Å². The number of pyridine rings is 1. The van der Waals surface area contributed by atoms with E-state index in [0.29, 0.717) is 11.8 Å². The summed E-state index contributed by atoms with van der Waals surface area (Å²) in [5, 5.41) is 12.4. The van der Waals surface area contributed by atoms with Gasteiger partial charge in [0.1, 0.15) is 5.82 Å². The highest BCUT2D eigenvalue weighted by molar-refractivity contribution is 5.85. The van der Waals surface area contributed by atoms with Crippen LogP contribution in [0.2, 0.25) is 0 Å². The van der Waals surface area contributed by atoms with Crippen molar-refractivity contribution >= 4 is 18.1 Å². The highest BCUT2D eigenvalue weighted by Crippen LogP contribution is 2.31. The number of nitrogens with one attached hydrogen (secondary N) is 1. The van der Waals surface area contributed by atoms with Crippen LogP contribution in [0.4, 0.5) is 10.1 Å². The average molecular weight is 302 g/mol. The van der Waals surface area contributed by atoms with Gasteiger partial charge in [-0.15, -0.1) is 12.4 Å². The van der Waals surface area contributed by atoms with Gasteiger partial charge >= 0.3 is 0 Å². The van der Waals surface area contributed by atoms with Gasteiger partial charge in [0, 0.05) is 44.8 Å². The largest absolute Gasteiger partial charge is 0.396 e. The third-order valence-corrected chi connectivity index (χ3v) is 4.25. The monoisotopic (exact) mass is 301 g/mol. The molecule has 2 fully saturated rings. The van der Waals surface area contributed by atoms with E-state index < -0.39 is 0 Å². The summed E-state index contributed by atoms with van der Waals surface area (Å²) in [7, 11) is 0. The quantitative estimate of drug-likeness (QED) is 0.889. The topological polar surface area (TPSA) is 48.4 Å². The van der Waals surface area contributed by atoms with Crippen molar-refractivity contribution in [1.82, 2.24) is 10.3 Å². The summed E-state index contributed by atoms with van der Waals surface area (Å²) in [5.41, 5.74) is 1.96. The molecule has 6 heteroatoms. The van der Waals surface area contributed by atoms with Gasteiger partial charge in [0.25, 0.3) is 0 Å². The summed E-state index contributed by atoms with van der Waals surface area (Å²) in [6.07, 6.45) is 3.25. The molecule has 0 saturated carbocycles. The van der Waals surface area contributed by atoms with Crippen LogP contribution in [-0.4, -0.2) is 42.9 Å². The Balaban J connectivity index is 0.00000147. The van der Waals surface area contributed by atoms with E-state index >= 15 is 0 Å². The Kier molecular flexibility index (Phi) is 5.18. The molecule has 2 saturated heterocycles. The van der Waals surface area contributed by atoms with E-state index in [1.165, 1.54) is 6.20 Å². The third kappa shape index (κ3) is 3.05. The van der Waals surface area contributed by atoms with E-state index in [0.717, 1.165) is 50.4 Å². The Bertz CT molecular complexity index is 448. The zero-order valence-corrected chi connectivity index (χ0v) is 12.2. The molecule has 0 amide bonds. The van der Waals surface area contributed by atoms with Crippen molar-refractivity contribution in [3.63, 3.8) is 0 Å². The molecule has 0 radical (unpaired) electrons. The minimum Gasteiger partial charge on any atom is -0.396 e. The van der Waals surface area contributed by atoms with Gasteiger partial charge in [-0.3, -0.25) is 4.98 Å². The molecule has 4 nitrogen and oxygen atoms in total. The summed E-state index contributed by atoms with van der Waals surface area (Å²) in [4.78, 5) is 6.53. The maximum absolute atomic E-state index is 13.5. The number of aliphatic hydroxyl groups excluding tert-OH is 1. The predicted molar refractivity (Wildman–Crippen MR) is 79.1 cm³/mol. The highest BCUT2D eigenvalue weighted by Gasteiger charge is 2.27. The molecule has 20 heavy (non-hydrogen) atoms. The minimum atomic E-state index is -0.268. The third-order valence-electron chi connectivity index (χ3n) is 4.25. The lowest BCUT2D eigenvalue weighted by Crippen LogP contribution is -2.42. The van der Waals surface area contributed by atoms with Crippen molar-refractivity contribution in [3.05, 3.63) is 23.8 Å². The minimum absolute atomic E-state index is 0. The first-order chi connectivity index (χ1) is 9.28. The highest BCUT2D eigenvalue weighted by atomic mass is 35.5. The molecular formula is C14H21ClFN3O. The number of anilines is 1. The smallest absolute Gasteiger partial charge is 0.143 e. The van der Waals surface area contributed by atoms with Crippen molar-refractivity contribution in [3.8, 4) is 0 Å². The van der Waals surface area contributed by atoms with Crippen LogP contribution in [-0.2, 0) is 0 Å². The summed E-state index contributed by atoms with van der Waals surface area (Å²) in [6.45, 7) is 3.87. The molecule has 2 aliphatic heterocycles. The van der Waals surface area contributed by atoms with Crippen LogP contribution in [0.5, 0.6) is 0 Å². The molecule has 3 rings (SSSR count). The molecule has 112 valence electrons. The number of hydrogen-bond acceptors (Lipinski definition) is 4. The number of aromatic nitrogens is 1. The number of rotatable bonds is 3. The van der Waals surface area contributed by atoms with E-state index in [1.54, 1.807) is 6.07 Å². The van der Waals surface area contributed by atoms with Gasteiger partial charge in [-0.1, -0.05) is 0 Å². The molecule has 0 atom stereocenters. The van der Waals surface area contributed by atoms with Crippen LogP contribution in [0.3, 0.4) is 0 Å². The molecule has 3 heterocycles. The molecule has 0 unspecified atom stereocenters. The molecule has 0 bridgehead atoms. The number of halogens is 2. The van der Waals surface area contributed by atoms with Crippen molar-refractivity contribution in [2.75, 3.05) is 37.7 Å². The van der Waals surface area contributed by atoms with Gasteiger partial charge in [-0.2, -0.15) is 0 Å². The van der Waals surface area contributed by atoms with Crippen LogP contribution < -0.4 is 10.2 Å². The van der Waals surface area contributed by atoms with Crippen LogP contribution >= 0.6 is 12.4 Å². The molecular weight excluding hydrogens is 281 g/mol. The maximum atomic E-state index is 13.5. The van der Waals surface area contributed by atoms with Gasteiger partial charge < -0.3 is 15.3 Å². The van der Waals surface area contributed by atoms with Gasteiger partial charge in [0.15, 0.2) is 0 Å². The Hall–Kier alpha value is -0.910. The summed E-state index contributed by atoms with van der Waals surface area (Å²) in [5.74, 6) is 0.535. The van der Waals surface area contributed by atoms with Crippen molar-refractivity contribution in [2.24, 2.45) is 5.92 Å². The van der Waals surface area contributed by atoms with Crippen LogP contribution in [0.25, 0.3) is 0 Å². The van der Waals surface area contributed by atoms with Crippen molar-refractivity contribution < 1.29 is 9.50 Å². The Labute approximate surface area is 124 Å². The fourth-order valence-corrected chi connectivity index (χ4v) is 2.85. The predicted octanol–water partition coefficient (Wildman–Crippen LogP) is 1.54. The molecule has 1 aromatic rings. The van der Waals surface area contributed by atoms with E-state index in [1.807, 2.05) is 0 Å². The van der Waals surface area contributed by atoms with E-state index in [9.17, 15) is 9.50 Å². The number of hydrogen-bond donors (Lipinski definition) is 2. The van der Waals surface area contributed by atoms with E-state index in [2.05, 4.69) is 15.2 Å². The lowest BCUT2D eigenvalue weighted by Gasteiger charge is -2.36. The molecule has 2 N–H and O–H groups in total. The number of aliphatic hydroxyl groups is 1. The summed E-state index contributed by atoms with van der Waals surface area (Å²) < 4.78 is 13.5. The zero-order chi connectivity index (χ0) is 13.2. The molecule has 0 aromatic carbocycles. The lowest BCUT2D eigenvalue weighted by molar-refractivity contribution is 0.203. The fraction of sp³-hybridized carbons (Fsp3) is 0.643. The van der Waals surface area contributed by atoms with Gasteiger partial charge in [0.2, 0.25) is 0 Å². The van der Waals surface area contributed by atoms with E-state index in [4.69, 9.17) is 0 Å². The molecule has 0 aliphatic carbocycles. The van der Waals surface area contributed by atoms with Crippen LogP contribution in [0, 0.1) is 11.7 Å². The number of nitrogens with zero attached hydrogens (tertiary/aromatic N) is 2.